The predicted molar refractivity (Wildman–Crippen MR) is 93.3 cm³/mol. The minimum absolute atomic E-state index is 0. The van der Waals surface area contributed by atoms with Crippen LogP contribution in [0.3, 0.4) is 0 Å². The third kappa shape index (κ3) is 10.3. The van der Waals surface area contributed by atoms with E-state index >= 15 is 0 Å². The van der Waals surface area contributed by atoms with Gasteiger partial charge in [0.15, 0.2) is 0 Å². The summed E-state index contributed by atoms with van der Waals surface area (Å²) in [6.45, 7) is 0. The molecule has 18 nitrogen and oxygen atoms in total. The molecule has 20 heteroatoms. The maximum atomic E-state index is 10.0. The van der Waals surface area contributed by atoms with Crippen LogP contribution in [0.2, 0.25) is 0 Å². The van der Waals surface area contributed by atoms with Crippen LogP contribution in [0.1, 0.15) is 62.9 Å². The van der Waals surface area contributed by atoms with Crippen molar-refractivity contribution in [2.75, 3.05) is 0 Å². The number of carboxylic acid groups (broad SMARTS) is 6. The number of aromatic nitrogens is 6. The minimum atomic E-state index is -1.53. The molecule has 0 saturated heterocycles. The van der Waals surface area contributed by atoms with Gasteiger partial charge in [0.1, 0.15) is 17.1 Å². The molecule has 3 rings (SSSR count). The van der Waals surface area contributed by atoms with Crippen molar-refractivity contribution in [1.82, 2.24) is 30.6 Å². The molecule has 3 aromatic heterocycles. The van der Waals surface area contributed by atoms with Crippen molar-refractivity contribution in [3.63, 3.8) is 0 Å². The first kappa shape index (κ1) is 32.7. The van der Waals surface area contributed by atoms with Crippen molar-refractivity contribution < 1.29 is 59.4 Å². The molecule has 0 aliphatic rings. The fourth-order valence-corrected chi connectivity index (χ4v) is 1.59. The Morgan fingerprint density at radius 1 is 0.457 bits per heavy atom. The minimum Gasteiger partial charge on any atom is -0.543 e. The molecular formula is C15H6Al2N6O12. The van der Waals surface area contributed by atoms with Gasteiger partial charge in [0, 0.05) is 0 Å². The van der Waals surface area contributed by atoms with E-state index in [1.807, 2.05) is 15.3 Å². The average molecular weight is 516 g/mol. The molecule has 0 saturated carbocycles. The third-order valence-corrected chi connectivity index (χ3v) is 3.02. The average Bonchev–Trinajstić information content (AvgIpc) is 3.49. The summed E-state index contributed by atoms with van der Waals surface area (Å²) in [6, 6.07) is 2.47. The Morgan fingerprint density at radius 2 is 0.657 bits per heavy atom. The Hall–Kier alpha value is -4.49. The zero-order valence-electron chi connectivity index (χ0n) is 16.6. The van der Waals surface area contributed by atoms with Crippen LogP contribution in [0, 0.1) is 0 Å². The molecular weight excluding hydrogens is 510 g/mol. The monoisotopic (exact) mass is 516 g/mol. The van der Waals surface area contributed by atoms with Crippen molar-refractivity contribution in [1.29, 1.82) is 0 Å². The van der Waals surface area contributed by atoms with Gasteiger partial charge in [-0.3, -0.25) is 15.3 Å². The van der Waals surface area contributed by atoms with Crippen LogP contribution in [0.4, 0.5) is 0 Å². The number of carbonyl (C=O) groups is 6. The zero-order chi connectivity index (χ0) is 25.3. The van der Waals surface area contributed by atoms with E-state index in [-0.39, 0.29) is 51.8 Å². The second kappa shape index (κ2) is 14.6. The van der Waals surface area contributed by atoms with E-state index in [0.29, 0.717) is 0 Å². The van der Waals surface area contributed by atoms with Gasteiger partial charge in [0.2, 0.25) is 0 Å². The maximum absolute atomic E-state index is 10.0. The van der Waals surface area contributed by atoms with Crippen molar-refractivity contribution in [2.45, 2.75) is 0 Å². The van der Waals surface area contributed by atoms with Crippen LogP contribution in [-0.2, 0) is 0 Å². The summed E-state index contributed by atoms with van der Waals surface area (Å²) in [4.78, 5) is 60.2. The molecule has 174 valence electrons. The van der Waals surface area contributed by atoms with Crippen molar-refractivity contribution in [3.05, 3.63) is 52.4 Å². The quantitative estimate of drug-likeness (QED) is 0.256. The molecule has 3 N–H and O–H groups in total. The third-order valence-electron chi connectivity index (χ3n) is 3.02. The van der Waals surface area contributed by atoms with Crippen LogP contribution in [0.15, 0.2) is 18.2 Å². The number of aromatic carboxylic acids is 6. The van der Waals surface area contributed by atoms with E-state index in [2.05, 4.69) is 15.3 Å². The number of H-pyrrole nitrogens is 3. The second-order valence-electron chi connectivity index (χ2n) is 5.23. The Bertz CT molecular complexity index is 983. The Balaban J connectivity index is 0. The fraction of sp³-hybridized carbons (Fsp3) is 0. The number of aromatic amines is 3. The van der Waals surface area contributed by atoms with Gasteiger partial charge >= 0.3 is 34.7 Å². The van der Waals surface area contributed by atoms with Crippen LogP contribution < -0.4 is 30.6 Å². The number of nitrogens with zero attached hydrogens (tertiary/aromatic N) is 3. The summed E-state index contributed by atoms with van der Waals surface area (Å²) >= 11 is 0. The molecule has 0 atom stereocenters. The van der Waals surface area contributed by atoms with Gasteiger partial charge in [-0.25, -0.2) is 0 Å². The number of hydrogen-bond acceptors (Lipinski definition) is 15. The van der Waals surface area contributed by atoms with Gasteiger partial charge in [-0.2, -0.15) is 15.3 Å². The summed E-state index contributed by atoms with van der Waals surface area (Å²) < 4.78 is 0. The standard InChI is InChI=1S/3C5H4N2O4.2Al/c3*8-4(9)2-1-3(5(10)11)7-6-2;;/h3*1H,(H,6,7)(H,8,9)(H,10,11);;/q;;;2*+3/p-6. The summed E-state index contributed by atoms with van der Waals surface area (Å²) in [7, 11) is 0. The smallest absolute Gasteiger partial charge is 0.543 e. The van der Waals surface area contributed by atoms with Gasteiger partial charge in [0.05, 0.1) is 52.9 Å². The first-order chi connectivity index (χ1) is 15.3. The first-order valence-electron chi connectivity index (χ1n) is 7.77. The molecule has 0 spiro atoms. The molecule has 0 fully saturated rings. The molecule has 0 aliphatic carbocycles. The molecule has 0 amide bonds. The van der Waals surface area contributed by atoms with Crippen molar-refractivity contribution in [2.24, 2.45) is 0 Å². The van der Waals surface area contributed by atoms with E-state index in [1.54, 1.807) is 0 Å². The maximum Gasteiger partial charge on any atom is 3.00 e. The molecule has 0 unspecified atom stereocenters. The van der Waals surface area contributed by atoms with E-state index in [1.165, 1.54) is 0 Å². The Morgan fingerprint density at radius 3 is 0.743 bits per heavy atom. The number of carboxylic acids is 6. The number of carbonyl (C=O) groups excluding carboxylic acids is 6. The summed E-state index contributed by atoms with van der Waals surface area (Å²) in [5.74, 6) is -9.13. The molecule has 35 heavy (non-hydrogen) atoms. The SMILES string of the molecule is O=C([O-])c1cc(C(=O)[O-])[nH]n1.O=C([O-])c1cc(C(=O)[O-])[nH]n1.O=C([O-])c1cc(C(=O)[O-])[nH]n1.[Al+3].[Al+3]. The normalized spacial score (nSPS) is 8.91. The van der Waals surface area contributed by atoms with Gasteiger partial charge in [0.25, 0.3) is 0 Å². The Labute approximate surface area is 212 Å². The van der Waals surface area contributed by atoms with Gasteiger partial charge in [-0.15, -0.1) is 0 Å². The van der Waals surface area contributed by atoms with E-state index < -0.39 is 52.9 Å². The largest absolute Gasteiger partial charge is 3.00 e. The van der Waals surface area contributed by atoms with E-state index in [0.717, 1.165) is 18.2 Å². The summed E-state index contributed by atoms with van der Waals surface area (Å²) in [5.41, 5.74) is -2.52. The first-order valence-corrected chi connectivity index (χ1v) is 7.77. The predicted octanol–water partition coefficient (Wildman–Crippen LogP) is -9.35. The van der Waals surface area contributed by atoms with Crippen LogP contribution in [0.25, 0.3) is 0 Å². The fourth-order valence-electron chi connectivity index (χ4n) is 1.59. The Kier molecular flexibility index (Phi) is 13.7. The number of rotatable bonds is 6. The molecule has 3 aromatic rings. The molecule has 3 heterocycles. The number of nitrogens with one attached hydrogen (secondary N) is 3. The second-order valence-corrected chi connectivity index (χ2v) is 5.23. The zero-order valence-corrected chi connectivity index (χ0v) is 18.9. The van der Waals surface area contributed by atoms with E-state index in [4.69, 9.17) is 0 Å². The van der Waals surface area contributed by atoms with Crippen molar-refractivity contribution >= 4 is 70.5 Å². The molecule has 0 bridgehead atoms. The summed E-state index contributed by atoms with van der Waals surface area (Å²) in [5, 5.41) is 75.5. The molecule has 0 aromatic carbocycles. The van der Waals surface area contributed by atoms with Gasteiger partial charge in [-0.1, -0.05) is 0 Å². The van der Waals surface area contributed by atoms with Crippen LogP contribution >= 0.6 is 0 Å². The van der Waals surface area contributed by atoms with Gasteiger partial charge in [-0.05, 0) is 18.2 Å². The molecule has 0 radical (unpaired) electrons. The van der Waals surface area contributed by atoms with Gasteiger partial charge < -0.3 is 59.4 Å². The topological polar surface area (TPSA) is 327 Å². The van der Waals surface area contributed by atoms with E-state index in [9.17, 15) is 59.4 Å². The number of hydrogen-bond donors (Lipinski definition) is 3. The van der Waals surface area contributed by atoms with Crippen LogP contribution in [0.5, 0.6) is 0 Å². The van der Waals surface area contributed by atoms with Crippen LogP contribution in [-0.4, -0.2) is 101 Å². The van der Waals surface area contributed by atoms with Crippen molar-refractivity contribution in [3.8, 4) is 0 Å². The summed E-state index contributed by atoms with van der Waals surface area (Å²) in [6.07, 6.45) is 0. The molecule has 0 aliphatic heterocycles.